The Hall–Kier alpha value is -2.53. The van der Waals surface area contributed by atoms with Crippen LogP contribution in [0.15, 0.2) is 58.5 Å². The molecule has 6 nitrogen and oxygen atoms in total. The second-order valence-electron chi connectivity index (χ2n) is 6.05. The number of rotatable bonds is 5. The van der Waals surface area contributed by atoms with Crippen molar-refractivity contribution in [1.29, 1.82) is 0 Å². The number of aromatic nitrogens is 3. The summed E-state index contributed by atoms with van der Waals surface area (Å²) in [5, 5.41) is 3.45. The van der Waals surface area contributed by atoms with E-state index in [0.717, 1.165) is 28.8 Å². The Morgan fingerprint density at radius 3 is 2.80 bits per heavy atom. The van der Waals surface area contributed by atoms with E-state index in [1.54, 1.807) is 34.9 Å². The van der Waals surface area contributed by atoms with Crippen LogP contribution < -0.4 is 10.9 Å². The van der Waals surface area contributed by atoms with E-state index in [1.807, 2.05) is 0 Å². The number of nitrogens with zero attached hydrogens (tertiary/aromatic N) is 2. The van der Waals surface area contributed by atoms with Crippen molar-refractivity contribution in [1.82, 2.24) is 14.5 Å². The van der Waals surface area contributed by atoms with E-state index in [4.69, 9.17) is 23.8 Å². The smallest absolute Gasteiger partial charge is 0.271 e. The monoisotopic (exact) mass is 478 g/mol. The summed E-state index contributed by atoms with van der Waals surface area (Å²) in [6.07, 6.45) is 0. The van der Waals surface area contributed by atoms with Gasteiger partial charge in [-0.15, -0.1) is 0 Å². The lowest BCUT2D eigenvalue weighted by atomic mass is 10.3. The lowest BCUT2D eigenvalue weighted by Gasteiger charge is -2.06. The number of hydrogen-bond donors (Lipinski definition) is 2. The van der Waals surface area contributed by atoms with Gasteiger partial charge in [-0.1, -0.05) is 40.8 Å². The number of carbonyl (C=O) groups excluding carboxylic acids is 1. The zero-order valence-corrected chi connectivity index (χ0v) is 18.2. The summed E-state index contributed by atoms with van der Waals surface area (Å²) in [6.45, 7) is 0. The van der Waals surface area contributed by atoms with Crippen molar-refractivity contribution < 1.29 is 9.18 Å². The van der Waals surface area contributed by atoms with E-state index in [2.05, 4.69) is 15.3 Å². The van der Waals surface area contributed by atoms with Gasteiger partial charge in [-0.3, -0.25) is 14.2 Å². The largest absolute Gasteiger partial charge is 0.325 e. The van der Waals surface area contributed by atoms with Gasteiger partial charge in [-0.05, 0) is 54.7 Å². The number of aromatic amines is 1. The molecule has 0 unspecified atom stereocenters. The fourth-order valence-corrected chi connectivity index (χ4v) is 4.73. The Labute approximate surface area is 187 Å². The van der Waals surface area contributed by atoms with Gasteiger partial charge in [-0.25, -0.2) is 9.37 Å². The third-order valence-electron chi connectivity index (χ3n) is 3.95. The summed E-state index contributed by atoms with van der Waals surface area (Å²) in [6, 6.07) is 12.6. The Balaban J connectivity index is 1.60. The molecule has 0 fully saturated rings. The van der Waals surface area contributed by atoms with Crippen LogP contribution in [0.5, 0.6) is 0 Å². The first-order valence-electron chi connectivity index (χ1n) is 8.51. The van der Waals surface area contributed by atoms with E-state index in [9.17, 15) is 14.0 Å². The predicted octanol–water partition coefficient (Wildman–Crippen LogP) is 5.03. The van der Waals surface area contributed by atoms with E-state index in [0.29, 0.717) is 25.0 Å². The quantitative estimate of drug-likeness (QED) is 0.239. The molecular formula is C19H12ClFN4O2S3. The first-order valence-corrected chi connectivity index (χ1v) is 11.1. The summed E-state index contributed by atoms with van der Waals surface area (Å²) in [5.74, 6) is -0.814. The fourth-order valence-electron chi connectivity index (χ4n) is 2.68. The molecule has 0 atom stereocenters. The maximum absolute atomic E-state index is 13.2. The van der Waals surface area contributed by atoms with Gasteiger partial charge in [0.2, 0.25) is 5.91 Å². The average Bonchev–Trinajstić information content (AvgIpc) is 3.04. The van der Waals surface area contributed by atoms with Crippen LogP contribution in [0.2, 0.25) is 5.02 Å². The number of carbonyl (C=O) groups is 1. The minimum Gasteiger partial charge on any atom is -0.325 e. The van der Waals surface area contributed by atoms with Crippen molar-refractivity contribution in [3.8, 4) is 5.69 Å². The van der Waals surface area contributed by atoms with Crippen molar-refractivity contribution in [3.63, 3.8) is 0 Å². The fraction of sp³-hybridized carbons (Fsp3) is 0.0526. The van der Waals surface area contributed by atoms with E-state index in [1.165, 1.54) is 18.2 Å². The molecule has 0 aliphatic rings. The molecule has 1 amide bonds. The number of H-pyrrole nitrogens is 1. The Bertz CT molecular complexity index is 1360. The first-order chi connectivity index (χ1) is 14.4. The highest BCUT2D eigenvalue weighted by atomic mass is 35.5. The summed E-state index contributed by atoms with van der Waals surface area (Å²) in [5.41, 5.74) is 1.15. The summed E-state index contributed by atoms with van der Waals surface area (Å²) < 4.78 is 15.8. The number of amides is 1. The summed E-state index contributed by atoms with van der Waals surface area (Å²) in [4.78, 5) is 31.8. The summed E-state index contributed by atoms with van der Waals surface area (Å²) in [7, 11) is 0. The normalized spacial score (nSPS) is 11.0. The highest BCUT2D eigenvalue weighted by Gasteiger charge is 2.15. The van der Waals surface area contributed by atoms with Gasteiger partial charge < -0.3 is 10.3 Å². The lowest BCUT2D eigenvalue weighted by Crippen LogP contribution is -2.15. The number of anilines is 1. The maximum Gasteiger partial charge on any atom is 0.271 e. The van der Waals surface area contributed by atoms with Gasteiger partial charge in [0, 0.05) is 16.4 Å². The second kappa shape index (κ2) is 8.68. The van der Waals surface area contributed by atoms with Gasteiger partial charge >= 0.3 is 0 Å². The van der Waals surface area contributed by atoms with Gasteiger partial charge in [0.05, 0.1) is 5.75 Å². The van der Waals surface area contributed by atoms with Crippen molar-refractivity contribution in [2.45, 2.75) is 5.16 Å². The molecule has 152 valence electrons. The molecule has 0 radical (unpaired) electrons. The summed E-state index contributed by atoms with van der Waals surface area (Å²) >= 11 is 13.6. The first kappa shape index (κ1) is 20.7. The van der Waals surface area contributed by atoms with Crippen LogP contribution in [0.1, 0.15) is 0 Å². The van der Waals surface area contributed by atoms with E-state index in [-0.39, 0.29) is 22.4 Å². The maximum atomic E-state index is 13.2. The Kier molecular flexibility index (Phi) is 6.00. The average molecular weight is 479 g/mol. The molecule has 2 aromatic carbocycles. The molecule has 4 aromatic rings. The van der Waals surface area contributed by atoms with Gasteiger partial charge in [0.25, 0.3) is 5.56 Å². The molecule has 2 heterocycles. The molecule has 0 aliphatic heterocycles. The number of nitrogens with one attached hydrogen (secondary N) is 2. The molecule has 2 aromatic heterocycles. The van der Waals surface area contributed by atoms with Crippen molar-refractivity contribution in [2.24, 2.45) is 0 Å². The molecular weight excluding hydrogens is 467 g/mol. The highest BCUT2D eigenvalue weighted by molar-refractivity contribution is 7.99. The standard InChI is InChI=1S/C19H12ClFN4O2S3/c20-10-4-6-13(7-5-10)25-16-15(30-19(25)28)17(27)24-18(23-16)29-9-14(26)22-12-3-1-2-11(21)8-12/h1-8H,9H2,(H,22,26)(H,23,24,27). The van der Waals surface area contributed by atoms with Crippen LogP contribution in [0.3, 0.4) is 0 Å². The molecule has 4 rings (SSSR count). The predicted molar refractivity (Wildman–Crippen MR) is 121 cm³/mol. The molecule has 2 N–H and O–H groups in total. The Morgan fingerprint density at radius 2 is 2.07 bits per heavy atom. The molecule has 0 saturated carbocycles. The highest BCUT2D eigenvalue weighted by Crippen LogP contribution is 2.25. The molecule has 0 aliphatic carbocycles. The van der Waals surface area contributed by atoms with Crippen molar-refractivity contribution in [2.75, 3.05) is 11.1 Å². The molecule has 11 heteroatoms. The van der Waals surface area contributed by atoms with E-state index < -0.39 is 5.82 Å². The van der Waals surface area contributed by atoms with Crippen molar-refractivity contribution >= 4 is 68.9 Å². The zero-order valence-electron chi connectivity index (χ0n) is 15.0. The molecule has 0 saturated heterocycles. The number of thiazole rings is 1. The van der Waals surface area contributed by atoms with Crippen LogP contribution in [0.4, 0.5) is 10.1 Å². The van der Waals surface area contributed by atoms with Crippen molar-refractivity contribution in [3.05, 3.63) is 73.7 Å². The number of fused-ring (bicyclic) bond motifs is 1. The van der Waals surface area contributed by atoms with Crippen LogP contribution in [-0.2, 0) is 4.79 Å². The zero-order chi connectivity index (χ0) is 21.3. The van der Waals surface area contributed by atoms with Gasteiger partial charge in [-0.2, -0.15) is 0 Å². The van der Waals surface area contributed by atoms with Crippen LogP contribution >= 0.6 is 46.9 Å². The molecule has 30 heavy (non-hydrogen) atoms. The third-order valence-corrected chi connectivity index (χ3v) is 6.44. The number of halogens is 2. The van der Waals surface area contributed by atoms with E-state index >= 15 is 0 Å². The van der Waals surface area contributed by atoms with Crippen LogP contribution in [-0.4, -0.2) is 26.2 Å². The second-order valence-corrected chi connectivity index (χ2v) is 9.10. The Morgan fingerprint density at radius 1 is 1.30 bits per heavy atom. The SMILES string of the molecule is O=C(CSc1nc2c(sc(=S)n2-c2ccc(Cl)cc2)c(=O)[nH]1)Nc1cccc(F)c1. The van der Waals surface area contributed by atoms with Gasteiger partial charge in [0.15, 0.2) is 14.8 Å². The lowest BCUT2D eigenvalue weighted by molar-refractivity contribution is -0.113. The molecule has 0 bridgehead atoms. The van der Waals surface area contributed by atoms with Gasteiger partial charge in [0.1, 0.15) is 10.5 Å². The number of thioether (sulfide) groups is 1. The molecule has 0 spiro atoms. The van der Waals surface area contributed by atoms with Crippen LogP contribution in [0, 0.1) is 9.77 Å². The third kappa shape index (κ3) is 4.46. The topological polar surface area (TPSA) is 79.8 Å². The minimum absolute atomic E-state index is 0.0171. The minimum atomic E-state index is -0.444. The number of hydrogen-bond acceptors (Lipinski definition) is 6. The number of benzene rings is 2. The van der Waals surface area contributed by atoms with Crippen LogP contribution in [0.25, 0.3) is 16.0 Å².